The van der Waals surface area contributed by atoms with Gasteiger partial charge in [0.15, 0.2) is 5.13 Å². The minimum absolute atomic E-state index is 0.148. The zero-order chi connectivity index (χ0) is 19.5. The van der Waals surface area contributed by atoms with E-state index in [1.54, 1.807) is 6.20 Å². The second kappa shape index (κ2) is 7.78. The van der Waals surface area contributed by atoms with Crippen LogP contribution < -0.4 is 5.32 Å². The van der Waals surface area contributed by atoms with Gasteiger partial charge in [-0.05, 0) is 42.7 Å². The maximum atomic E-state index is 12.9. The van der Waals surface area contributed by atoms with Gasteiger partial charge in [0.05, 0.1) is 12.2 Å². The summed E-state index contributed by atoms with van der Waals surface area (Å²) in [6, 6.07) is 17.8. The summed E-state index contributed by atoms with van der Waals surface area (Å²) < 4.78 is 1.88. The molecule has 28 heavy (non-hydrogen) atoms. The number of nitrogens with one attached hydrogen (secondary N) is 1. The van der Waals surface area contributed by atoms with Crippen LogP contribution in [0.2, 0.25) is 0 Å². The molecule has 4 aromatic rings. The SMILES string of the molecule is Cc1nc(NC(=O)c2ccccc2-c2ccc(Cn3cccn3)cc2)sc1C. The normalized spacial score (nSPS) is 10.8. The Balaban J connectivity index is 1.57. The monoisotopic (exact) mass is 388 g/mol. The van der Waals surface area contributed by atoms with Crippen LogP contribution in [0.4, 0.5) is 5.13 Å². The number of carbonyl (C=O) groups is 1. The molecule has 0 unspecified atom stereocenters. The van der Waals surface area contributed by atoms with Gasteiger partial charge in [-0.15, -0.1) is 11.3 Å². The zero-order valence-corrected chi connectivity index (χ0v) is 16.5. The molecule has 4 rings (SSSR count). The van der Waals surface area contributed by atoms with Gasteiger partial charge >= 0.3 is 0 Å². The number of benzene rings is 2. The maximum absolute atomic E-state index is 12.9. The van der Waals surface area contributed by atoms with Crippen molar-refractivity contribution in [2.24, 2.45) is 0 Å². The molecule has 0 aliphatic rings. The number of carbonyl (C=O) groups excluding carboxylic acids is 1. The van der Waals surface area contributed by atoms with Gasteiger partial charge in [0.25, 0.3) is 5.91 Å². The molecule has 0 aliphatic heterocycles. The van der Waals surface area contributed by atoms with Crippen molar-refractivity contribution in [3.05, 3.63) is 88.7 Å². The first-order valence-corrected chi connectivity index (χ1v) is 9.83. The molecule has 2 aromatic heterocycles. The molecule has 0 saturated heterocycles. The summed E-state index contributed by atoms with van der Waals surface area (Å²) in [6.07, 6.45) is 3.71. The number of amides is 1. The molecule has 1 N–H and O–H groups in total. The van der Waals surface area contributed by atoms with Crippen LogP contribution in [0.1, 0.15) is 26.5 Å². The van der Waals surface area contributed by atoms with Crippen molar-refractivity contribution in [3.63, 3.8) is 0 Å². The van der Waals surface area contributed by atoms with Crippen molar-refractivity contribution in [2.45, 2.75) is 20.4 Å². The Hall–Kier alpha value is -3.25. The lowest BCUT2D eigenvalue weighted by molar-refractivity contribution is 0.102. The van der Waals surface area contributed by atoms with Gasteiger partial charge < -0.3 is 0 Å². The summed E-state index contributed by atoms with van der Waals surface area (Å²) in [5, 5.41) is 7.79. The van der Waals surface area contributed by atoms with Gasteiger partial charge in [-0.2, -0.15) is 5.10 Å². The summed E-state index contributed by atoms with van der Waals surface area (Å²) in [4.78, 5) is 18.4. The Bertz CT molecular complexity index is 1080. The van der Waals surface area contributed by atoms with Crippen molar-refractivity contribution >= 4 is 22.4 Å². The molecule has 2 aromatic carbocycles. The lowest BCUT2D eigenvalue weighted by atomic mass is 9.98. The van der Waals surface area contributed by atoms with Crippen LogP contribution in [0, 0.1) is 13.8 Å². The van der Waals surface area contributed by atoms with E-state index in [0.717, 1.165) is 33.8 Å². The number of aryl methyl sites for hydroxylation is 2. The smallest absolute Gasteiger partial charge is 0.258 e. The lowest BCUT2D eigenvalue weighted by Crippen LogP contribution is -2.13. The number of nitrogens with zero attached hydrogens (tertiary/aromatic N) is 3. The highest BCUT2D eigenvalue weighted by Crippen LogP contribution is 2.27. The predicted octanol–water partition coefficient (Wildman–Crippen LogP) is 4.92. The van der Waals surface area contributed by atoms with E-state index >= 15 is 0 Å². The number of hydrogen-bond acceptors (Lipinski definition) is 4. The molecule has 0 fully saturated rings. The zero-order valence-electron chi connectivity index (χ0n) is 15.7. The highest BCUT2D eigenvalue weighted by Gasteiger charge is 2.14. The predicted molar refractivity (Wildman–Crippen MR) is 113 cm³/mol. The Morgan fingerprint density at radius 2 is 1.86 bits per heavy atom. The fourth-order valence-corrected chi connectivity index (χ4v) is 3.80. The van der Waals surface area contributed by atoms with E-state index < -0.39 is 0 Å². The van der Waals surface area contributed by atoms with Crippen molar-refractivity contribution in [1.29, 1.82) is 0 Å². The topological polar surface area (TPSA) is 59.8 Å². The van der Waals surface area contributed by atoms with E-state index in [9.17, 15) is 4.79 Å². The summed E-state index contributed by atoms with van der Waals surface area (Å²) in [6.45, 7) is 4.67. The fraction of sp³-hybridized carbons (Fsp3) is 0.136. The molecule has 0 saturated carbocycles. The average Bonchev–Trinajstić information content (AvgIpc) is 3.32. The second-order valence-electron chi connectivity index (χ2n) is 6.56. The molecule has 0 radical (unpaired) electrons. The quantitative estimate of drug-likeness (QED) is 0.528. The highest BCUT2D eigenvalue weighted by atomic mass is 32.1. The lowest BCUT2D eigenvalue weighted by Gasteiger charge is -2.10. The first kappa shape index (κ1) is 18.1. The van der Waals surface area contributed by atoms with E-state index in [0.29, 0.717) is 10.7 Å². The van der Waals surface area contributed by atoms with Crippen LogP contribution in [0.3, 0.4) is 0 Å². The second-order valence-corrected chi connectivity index (χ2v) is 7.76. The van der Waals surface area contributed by atoms with E-state index in [4.69, 9.17) is 0 Å². The van der Waals surface area contributed by atoms with Crippen LogP contribution in [0.15, 0.2) is 67.0 Å². The number of aromatic nitrogens is 3. The van der Waals surface area contributed by atoms with E-state index in [2.05, 4.69) is 27.5 Å². The molecule has 0 bridgehead atoms. The summed E-state index contributed by atoms with van der Waals surface area (Å²) in [7, 11) is 0. The van der Waals surface area contributed by atoms with Crippen LogP contribution >= 0.6 is 11.3 Å². The first-order chi connectivity index (χ1) is 13.6. The molecule has 1 amide bonds. The third-order valence-electron chi connectivity index (χ3n) is 4.59. The number of thiazole rings is 1. The molecular formula is C22H20N4OS. The molecular weight excluding hydrogens is 368 g/mol. The number of rotatable bonds is 5. The molecule has 2 heterocycles. The van der Waals surface area contributed by atoms with Crippen molar-refractivity contribution in [3.8, 4) is 11.1 Å². The summed E-state index contributed by atoms with van der Waals surface area (Å²) >= 11 is 1.49. The van der Waals surface area contributed by atoms with Crippen LogP contribution in [0.25, 0.3) is 11.1 Å². The van der Waals surface area contributed by atoms with E-state index in [1.165, 1.54) is 11.3 Å². The Morgan fingerprint density at radius 1 is 1.07 bits per heavy atom. The van der Waals surface area contributed by atoms with E-state index in [-0.39, 0.29) is 5.91 Å². The van der Waals surface area contributed by atoms with Crippen molar-refractivity contribution in [1.82, 2.24) is 14.8 Å². The van der Waals surface area contributed by atoms with Gasteiger partial charge in [-0.25, -0.2) is 4.98 Å². The van der Waals surface area contributed by atoms with Crippen LogP contribution in [0.5, 0.6) is 0 Å². The fourth-order valence-electron chi connectivity index (χ4n) is 2.99. The minimum Gasteiger partial charge on any atom is -0.298 e. The largest absolute Gasteiger partial charge is 0.298 e. The van der Waals surface area contributed by atoms with Gasteiger partial charge in [0.2, 0.25) is 0 Å². The Morgan fingerprint density at radius 3 is 2.54 bits per heavy atom. The molecule has 5 nitrogen and oxygen atoms in total. The molecule has 0 aliphatic carbocycles. The van der Waals surface area contributed by atoms with Gasteiger partial charge in [-0.1, -0.05) is 42.5 Å². The van der Waals surface area contributed by atoms with Crippen molar-refractivity contribution < 1.29 is 4.79 Å². The maximum Gasteiger partial charge on any atom is 0.258 e. The summed E-state index contributed by atoms with van der Waals surface area (Å²) in [5.74, 6) is -0.148. The Labute approximate surface area is 167 Å². The van der Waals surface area contributed by atoms with Gasteiger partial charge in [0, 0.05) is 22.8 Å². The van der Waals surface area contributed by atoms with Gasteiger partial charge in [0.1, 0.15) is 0 Å². The molecule has 6 heteroatoms. The minimum atomic E-state index is -0.148. The summed E-state index contributed by atoms with van der Waals surface area (Å²) in [5.41, 5.74) is 4.63. The number of anilines is 1. The third kappa shape index (κ3) is 3.87. The highest BCUT2D eigenvalue weighted by molar-refractivity contribution is 7.15. The van der Waals surface area contributed by atoms with Crippen molar-refractivity contribution in [2.75, 3.05) is 5.32 Å². The third-order valence-corrected chi connectivity index (χ3v) is 5.58. The van der Waals surface area contributed by atoms with Gasteiger partial charge in [-0.3, -0.25) is 14.8 Å². The molecule has 140 valence electrons. The standard InChI is InChI=1S/C22H20N4OS/c1-15-16(2)28-22(24-15)25-21(27)20-7-4-3-6-19(20)18-10-8-17(9-11-18)14-26-13-5-12-23-26/h3-13H,14H2,1-2H3,(H,24,25,27). The Kier molecular flexibility index (Phi) is 5.04. The first-order valence-electron chi connectivity index (χ1n) is 9.01. The molecule has 0 spiro atoms. The van der Waals surface area contributed by atoms with Crippen LogP contribution in [-0.4, -0.2) is 20.7 Å². The van der Waals surface area contributed by atoms with E-state index in [1.807, 2.05) is 67.2 Å². The number of hydrogen-bond donors (Lipinski definition) is 1. The van der Waals surface area contributed by atoms with Crippen LogP contribution in [-0.2, 0) is 6.54 Å². The molecule has 0 atom stereocenters. The average molecular weight is 388 g/mol.